The smallest absolute Gasteiger partial charge is 0.126 e. The summed E-state index contributed by atoms with van der Waals surface area (Å²) in [6.45, 7) is 0. The molecular weight excluding hydrogens is 408 g/mol. The van der Waals surface area contributed by atoms with Crippen LogP contribution in [0.4, 0.5) is 5.69 Å². The van der Waals surface area contributed by atoms with Gasteiger partial charge in [0.15, 0.2) is 0 Å². The summed E-state index contributed by atoms with van der Waals surface area (Å²) in [5, 5.41) is 3.45. The van der Waals surface area contributed by atoms with E-state index in [9.17, 15) is 0 Å². The van der Waals surface area contributed by atoms with Crippen LogP contribution in [0.2, 0.25) is 0 Å². The highest BCUT2D eigenvalue weighted by molar-refractivity contribution is 7.21. The first kappa shape index (κ1) is 18.8. The Labute approximate surface area is 190 Å². The maximum atomic E-state index is 6.27. The van der Waals surface area contributed by atoms with Gasteiger partial charge in [0.05, 0.1) is 10.2 Å². The zero-order valence-electron chi connectivity index (χ0n) is 17.3. The number of hydrogen-bond donors (Lipinski definition) is 1. The van der Waals surface area contributed by atoms with E-state index >= 15 is 0 Å². The quantitative estimate of drug-likeness (QED) is 0.290. The van der Waals surface area contributed by atoms with E-state index in [4.69, 9.17) is 10.7 Å². The van der Waals surface area contributed by atoms with Gasteiger partial charge in [0.25, 0.3) is 0 Å². The van der Waals surface area contributed by atoms with Crippen LogP contribution in [0.5, 0.6) is 0 Å². The van der Waals surface area contributed by atoms with Gasteiger partial charge in [-0.15, -0.1) is 11.3 Å². The van der Waals surface area contributed by atoms with Crippen LogP contribution in [-0.4, -0.2) is 4.98 Å². The Kier molecular flexibility index (Phi) is 4.48. The largest absolute Gasteiger partial charge is 0.398 e. The third-order valence-electron chi connectivity index (χ3n) is 5.87. The molecule has 0 aliphatic heterocycles. The SMILES string of the molecule is Nc1ccccc1-c1nc2c(-c3ccccc3)cc(-c3cccc4ccccc34)cc2s1. The topological polar surface area (TPSA) is 38.9 Å². The maximum Gasteiger partial charge on any atom is 0.126 e. The van der Waals surface area contributed by atoms with Gasteiger partial charge in [0.2, 0.25) is 0 Å². The van der Waals surface area contributed by atoms with Crippen molar-refractivity contribution in [1.82, 2.24) is 4.98 Å². The molecule has 0 atom stereocenters. The second-order valence-corrected chi connectivity index (χ2v) is 8.90. The van der Waals surface area contributed by atoms with E-state index in [2.05, 4.69) is 78.9 Å². The van der Waals surface area contributed by atoms with Gasteiger partial charge in [-0.1, -0.05) is 84.9 Å². The number of para-hydroxylation sites is 1. The average Bonchev–Trinajstić information content (AvgIpc) is 3.28. The van der Waals surface area contributed by atoms with Crippen molar-refractivity contribution >= 4 is 38.0 Å². The summed E-state index contributed by atoms with van der Waals surface area (Å²) < 4.78 is 1.16. The highest BCUT2D eigenvalue weighted by Gasteiger charge is 2.16. The fourth-order valence-corrected chi connectivity index (χ4v) is 5.39. The van der Waals surface area contributed by atoms with E-state index in [1.165, 1.54) is 21.9 Å². The van der Waals surface area contributed by atoms with Crippen molar-refractivity contribution in [3.05, 3.63) is 109 Å². The van der Waals surface area contributed by atoms with Gasteiger partial charge >= 0.3 is 0 Å². The lowest BCUT2D eigenvalue weighted by atomic mass is 9.94. The highest BCUT2D eigenvalue weighted by Crippen LogP contribution is 2.41. The Morgan fingerprint density at radius 3 is 2.19 bits per heavy atom. The summed E-state index contributed by atoms with van der Waals surface area (Å²) in [5.74, 6) is 0. The number of nitrogen functional groups attached to an aromatic ring is 1. The first-order valence-electron chi connectivity index (χ1n) is 10.6. The molecule has 32 heavy (non-hydrogen) atoms. The van der Waals surface area contributed by atoms with E-state index < -0.39 is 0 Å². The Bertz CT molecular complexity index is 1580. The summed E-state index contributed by atoms with van der Waals surface area (Å²) in [6, 6.07) is 38.0. The molecule has 2 N–H and O–H groups in total. The van der Waals surface area contributed by atoms with E-state index in [1.54, 1.807) is 11.3 Å². The van der Waals surface area contributed by atoms with Gasteiger partial charge < -0.3 is 5.73 Å². The molecule has 0 radical (unpaired) electrons. The zero-order valence-corrected chi connectivity index (χ0v) is 18.1. The molecule has 2 nitrogen and oxygen atoms in total. The number of rotatable bonds is 3. The average molecular weight is 429 g/mol. The van der Waals surface area contributed by atoms with Crippen molar-refractivity contribution in [3.63, 3.8) is 0 Å². The summed E-state index contributed by atoms with van der Waals surface area (Å²) in [5.41, 5.74) is 13.8. The second kappa shape index (κ2) is 7.63. The number of benzene rings is 5. The Morgan fingerprint density at radius 2 is 1.31 bits per heavy atom. The van der Waals surface area contributed by atoms with E-state index in [1.807, 2.05) is 30.3 Å². The maximum absolute atomic E-state index is 6.27. The number of anilines is 1. The van der Waals surface area contributed by atoms with Gasteiger partial charge in [-0.05, 0) is 51.7 Å². The predicted molar refractivity (Wildman–Crippen MR) is 138 cm³/mol. The third-order valence-corrected chi connectivity index (χ3v) is 6.91. The monoisotopic (exact) mass is 428 g/mol. The van der Waals surface area contributed by atoms with Gasteiger partial charge in [-0.25, -0.2) is 4.98 Å². The van der Waals surface area contributed by atoms with Crippen LogP contribution < -0.4 is 5.73 Å². The van der Waals surface area contributed by atoms with Crippen LogP contribution in [0.1, 0.15) is 0 Å². The molecule has 0 aliphatic rings. The lowest BCUT2D eigenvalue weighted by Crippen LogP contribution is -1.88. The van der Waals surface area contributed by atoms with Crippen molar-refractivity contribution in [2.45, 2.75) is 0 Å². The summed E-state index contributed by atoms with van der Waals surface area (Å²) in [6.07, 6.45) is 0. The molecule has 6 rings (SSSR count). The molecule has 0 amide bonds. The minimum Gasteiger partial charge on any atom is -0.398 e. The fraction of sp³-hybridized carbons (Fsp3) is 0. The first-order valence-corrected chi connectivity index (χ1v) is 11.4. The van der Waals surface area contributed by atoms with Crippen LogP contribution in [0.3, 0.4) is 0 Å². The number of hydrogen-bond acceptors (Lipinski definition) is 3. The second-order valence-electron chi connectivity index (χ2n) is 7.87. The molecule has 0 fully saturated rings. The molecule has 5 aromatic carbocycles. The molecule has 6 aromatic rings. The molecule has 0 saturated heterocycles. The first-order chi connectivity index (χ1) is 15.8. The minimum atomic E-state index is 0.752. The molecule has 152 valence electrons. The molecule has 1 aromatic heterocycles. The standard InChI is InChI=1S/C29H20N2S/c30-26-16-7-6-14-24(26)29-31-28-25(20-9-2-1-3-10-20)17-21(18-27(28)32-29)23-15-8-12-19-11-4-5-13-22(19)23/h1-18H,30H2. The minimum absolute atomic E-state index is 0.752. The summed E-state index contributed by atoms with van der Waals surface area (Å²) in [7, 11) is 0. The van der Waals surface area contributed by atoms with Gasteiger partial charge in [0, 0.05) is 16.8 Å². The normalized spacial score (nSPS) is 11.2. The van der Waals surface area contributed by atoms with Crippen LogP contribution in [0.15, 0.2) is 109 Å². The fourth-order valence-electron chi connectivity index (χ4n) is 4.31. The number of thiazole rings is 1. The lowest BCUT2D eigenvalue weighted by molar-refractivity contribution is 1.47. The van der Waals surface area contributed by atoms with E-state index in [0.717, 1.165) is 37.6 Å². The Balaban J connectivity index is 1.65. The predicted octanol–water partition coefficient (Wildman–Crippen LogP) is 8.03. The lowest BCUT2D eigenvalue weighted by Gasteiger charge is -2.10. The van der Waals surface area contributed by atoms with Crippen molar-refractivity contribution in [2.75, 3.05) is 5.73 Å². The number of nitrogens with zero attached hydrogens (tertiary/aromatic N) is 1. The molecule has 0 spiro atoms. The van der Waals surface area contributed by atoms with E-state index in [0.29, 0.717) is 0 Å². The molecule has 1 heterocycles. The van der Waals surface area contributed by atoms with Crippen molar-refractivity contribution in [1.29, 1.82) is 0 Å². The summed E-state index contributed by atoms with van der Waals surface area (Å²) >= 11 is 1.70. The Hall–Kier alpha value is -3.95. The molecule has 0 saturated carbocycles. The molecule has 0 bridgehead atoms. The molecule has 0 aliphatic carbocycles. The van der Waals surface area contributed by atoms with Crippen LogP contribution in [0.25, 0.3) is 53.8 Å². The van der Waals surface area contributed by atoms with Crippen LogP contribution in [0, 0.1) is 0 Å². The van der Waals surface area contributed by atoms with Crippen molar-refractivity contribution in [3.8, 4) is 32.8 Å². The summed E-state index contributed by atoms with van der Waals surface area (Å²) in [4.78, 5) is 5.06. The molecule has 3 heteroatoms. The van der Waals surface area contributed by atoms with Gasteiger partial charge in [-0.3, -0.25) is 0 Å². The van der Waals surface area contributed by atoms with Crippen molar-refractivity contribution in [2.24, 2.45) is 0 Å². The van der Waals surface area contributed by atoms with Gasteiger partial charge in [0.1, 0.15) is 5.01 Å². The third kappa shape index (κ3) is 3.15. The molecule has 0 unspecified atom stereocenters. The number of fused-ring (bicyclic) bond motifs is 2. The zero-order chi connectivity index (χ0) is 21.5. The highest BCUT2D eigenvalue weighted by atomic mass is 32.1. The number of aromatic nitrogens is 1. The molecular formula is C29H20N2S. The van der Waals surface area contributed by atoms with E-state index in [-0.39, 0.29) is 0 Å². The van der Waals surface area contributed by atoms with Crippen LogP contribution >= 0.6 is 11.3 Å². The number of nitrogens with two attached hydrogens (primary N) is 1. The van der Waals surface area contributed by atoms with Gasteiger partial charge in [-0.2, -0.15) is 0 Å². The van der Waals surface area contributed by atoms with Crippen LogP contribution in [-0.2, 0) is 0 Å². The van der Waals surface area contributed by atoms with Crippen molar-refractivity contribution < 1.29 is 0 Å². The Morgan fingerprint density at radius 1 is 0.594 bits per heavy atom.